The van der Waals surface area contributed by atoms with Crippen molar-refractivity contribution in [1.82, 2.24) is 0 Å². The van der Waals surface area contributed by atoms with Crippen LogP contribution in [0.25, 0.3) is 0 Å². The Morgan fingerprint density at radius 2 is 2.00 bits per heavy atom. The lowest BCUT2D eigenvalue weighted by Gasteiger charge is -1.98. The number of allylic oxidation sites excluding steroid dienone is 5. The van der Waals surface area contributed by atoms with Crippen LogP contribution in [0.15, 0.2) is 36.1 Å². The average molecular weight is 149 g/mol. The molecule has 0 aromatic carbocycles. The van der Waals surface area contributed by atoms with Gasteiger partial charge < -0.3 is 5.73 Å². The summed E-state index contributed by atoms with van der Waals surface area (Å²) in [7, 11) is 0. The number of hydrogen-bond donors (Lipinski definition) is 1. The van der Waals surface area contributed by atoms with E-state index in [1.54, 1.807) is 0 Å². The van der Waals surface area contributed by atoms with Crippen molar-refractivity contribution in [3.8, 4) is 0 Å². The van der Waals surface area contributed by atoms with E-state index in [0.717, 1.165) is 0 Å². The fraction of sp³-hybridized carbons (Fsp3) is 0. The highest BCUT2D eigenvalue weighted by Gasteiger charge is 2.09. The first-order valence-corrected chi connectivity index (χ1v) is 3.10. The van der Waals surface area contributed by atoms with Crippen molar-refractivity contribution in [2.75, 3.05) is 0 Å². The van der Waals surface area contributed by atoms with Gasteiger partial charge in [0, 0.05) is 5.57 Å². The van der Waals surface area contributed by atoms with Crippen molar-refractivity contribution >= 4 is 11.6 Å². The fourth-order valence-corrected chi connectivity index (χ4v) is 0.760. The number of ketones is 2. The molecule has 2 N–H and O–H groups in total. The van der Waals surface area contributed by atoms with Gasteiger partial charge in [-0.05, 0) is 30.5 Å². The van der Waals surface area contributed by atoms with Crippen molar-refractivity contribution in [3.05, 3.63) is 36.1 Å². The van der Waals surface area contributed by atoms with Crippen molar-refractivity contribution in [2.24, 2.45) is 5.73 Å². The predicted molar refractivity (Wildman–Crippen MR) is 40.6 cm³/mol. The SMILES string of the molecule is N/C=C/C1=CC(=O)C=CC1=O. The normalized spacial score (nSPS) is 17.6. The Labute approximate surface area is 63.9 Å². The van der Waals surface area contributed by atoms with Gasteiger partial charge >= 0.3 is 0 Å². The lowest BCUT2D eigenvalue weighted by Crippen LogP contribution is -2.05. The van der Waals surface area contributed by atoms with E-state index < -0.39 is 0 Å². The van der Waals surface area contributed by atoms with Crippen LogP contribution in [0.1, 0.15) is 0 Å². The molecule has 0 heterocycles. The highest BCUT2D eigenvalue weighted by atomic mass is 16.1. The molecule has 0 unspecified atom stereocenters. The van der Waals surface area contributed by atoms with Crippen LogP contribution in [-0.4, -0.2) is 11.6 Å². The maximum Gasteiger partial charge on any atom is 0.186 e. The number of carbonyl (C=O) groups excluding carboxylic acids is 2. The fourth-order valence-electron chi connectivity index (χ4n) is 0.760. The molecule has 3 heteroatoms. The quantitative estimate of drug-likeness (QED) is 0.537. The monoisotopic (exact) mass is 149 g/mol. The van der Waals surface area contributed by atoms with Gasteiger partial charge in [-0.3, -0.25) is 9.59 Å². The van der Waals surface area contributed by atoms with E-state index in [9.17, 15) is 9.59 Å². The zero-order valence-corrected chi connectivity index (χ0v) is 5.78. The van der Waals surface area contributed by atoms with Gasteiger partial charge in [-0.15, -0.1) is 0 Å². The topological polar surface area (TPSA) is 60.2 Å². The summed E-state index contributed by atoms with van der Waals surface area (Å²) < 4.78 is 0. The molecule has 1 rings (SSSR count). The predicted octanol–water partition coefficient (Wildman–Crippen LogP) is 0.0932. The van der Waals surface area contributed by atoms with Gasteiger partial charge in [0.1, 0.15) is 0 Å². The molecular formula is C8H7NO2. The van der Waals surface area contributed by atoms with Crippen LogP contribution >= 0.6 is 0 Å². The van der Waals surface area contributed by atoms with Crippen molar-refractivity contribution < 1.29 is 9.59 Å². The van der Waals surface area contributed by atoms with E-state index in [2.05, 4.69) is 0 Å². The Kier molecular flexibility index (Phi) is 2.01. The molecule has 0 aromatic rings. The molecule has 0 aliphatic heterocycles. The van der Waals surface area contributed by atoms with Crippen LogP contribution in [0.4, 0.5) is 0 Å². The van der Waals surface area contributed by atoms with E-state index in [1.165, 1.54) is 30.5 Å². The number of carbonyl (C=O) groups is 2. The lowest BCUT2D eigenvalue weighted by molar-refractivity contribution is -0.114. The third-order valence-corrected chi connectivity index (χ3v) is 1.26. The van der Waals surface area contributed by atoms with Gasteiger partial charge in [-0.1, -0.05) is 0 Å². The molecule has 0 aromatic heterocycles. The Morgan fingerprint density at radius 1 is 1.27 bits per heavy atom. The van der Waals surface area contributed by atoms with Crippen LogP contribution in [0.2, 0.25) is 0 Å². The molecule has 0 bridgehead atoms. The number of hydrogen-bond acceptors (Lipinski definition) is 3. The highest BCUT2D eigenvalue weighted by molar-refractivity contribution is 6.18. The maximum atomic E-state index is 10.9. The zero-order chi connectivity index (χ0) is 8.27. The summed E-state index contributed by atoms with van der Waals surface area (Å²) in [5, 5.41) is 0. The molecule has 1 aliphatic rings. The first kappa shape index (κ1) is 7.47. The van der Waals surface area contributed by atoms with Crippen LogP contribution in [-0.2, 0) is 9.59 Å². The third kappa shape index (κ3) is 1.64. The summed E-state index contributed by atoms with van der Waals surface area (Å²) in [5.41, 5.74) is 5.39. The standard InChI is InChI=1S/C8H7NO2/c9-4-3-6-5-7(10)1-2-8(6)11/h1-5H,9H2/b4-3+. The molecule has 11 heavy (non-hydrogen) atoms. The van der Waals surface area contributed by atoms with E-state index >= 15 is 0 Å². The second kappa shape index (κ2) is 2.96. The van der Waals surface area contributed by atoms with Crippen molar-refractivity contribution in [3.63, 3.8) is 0 Å². The number of nitrogens with two attached hydrogens (primary N) is 1. The van der Waals surface area contributed by atoms with Crippen LogP contribution < -0.4 is 5.73 Å². The molecule has 0 saturated heterocycles. The van der Waals surface area contributed by atoms with E-state index in [0.29, 0.717) is 5.57 Å². The molecule has 3 nitrogen and oxygen atoms in total. The van der Waals surface area contributed by atoms with E-state index in [4.69, 9.17) is 5.73 Å². The minimum absolute atomic E-state index is 0.183. The molecule has 0 fully saturated rings. The maximum absolute atomic E-state index is 10.9. The summed E-state index contributed by atoms with van der Waals surface area (Å²) in [6.07, 6.45) is 6.36. The molecule has 56 valence electrons. The largest absolute Gasteiger partial charge is 0.405 e. The van der Waals surface area contributed by atoms with Gasteiger partial charge in [0.2, 0.25) is 0 Å². The summed E-state index contributed by atoms with van der Waals surface area (Å²) in [5.74, 6) is -0.371. The Balaban J connectivity index is 2.93. The van der Waals surface area contributed by atoms with Gasteiger partial charge in [-0.25, -0.2) is 0 Å². The molecule has 0 atom stereocenters. The van der Waals surface area contributed by atoms with Crippen LogP contribution in [0.5, 0.6) is 0 Å². The summed E-state index contributed by atoms with van der Waals surface area (Å²) in [4.78, 5) is 21.6. The Hall–Kier alpha value is -1.64. The zero-order valence-electron chi connectivity index (χ0n) is 5.78. The lowest BCUT2D eigenvalue weighted by atomic mass is 10.0. The van der Waals surface area contributed by atoms with Gasteiger partial charge in [0.25, 0.3) is 0 Å². The molecule has 0 radical (unpaired) electrons. The van der Waals surface area contributed by atoms with Crippen LogP contribution in [0, 0.1) is 0 Å². The Morgan fingerprint density at radius 3 is 2.64 bits per heavy atom. The molecule has 1 aliphatic carbocycles. The first-order valence-electron chi connectivity index (χ1n) is 3.10. The van der Waals surface area contributed by atoms with Crippen molar-refractivity contribution in [2.45, 2.75) is 0 Å². The summed E-state index contributed by atoms with van der Waals surface area (Å²) >= 11 is 0. The third-order valence-electron chi connectivity index (χ3n) is 1.26. The highest BCUT2D eigenvalue weighted by Crippen LogP contribution is 2.05. The molecule has 0 amide bonds. The van der Waals surface area contributed by atoms with E-state index in [1.807, 2.05) is 0 Å². The summed E-state index contributed by atoms with van der Waals surface area (Å²) in [6.45, 7) is 0. The molecule has 0 spiro atoms. The smallest absolute Gasteiger partial charge is 0.186 e. The summed E-state index contributed by atoms with van der Waals surface area (Å²) in [6, 6.07) is 0. The second-order valence-corrected chi connectivity index (χ2v) is 2.06. The Bertz CT molecular complexity index is 284. The minimum Gasteiger partial charge on any atom is -0.405 e. The van der Waals surface area contributed by atoms with Gasteiger partial charge in [0.05, 0.1) is 0 Å². The molecule has 0 saturated carbocycles. The first-order chi connectivity index (χ1) is 5.24. The van der Waals surface area contributed by atoms with Crippen molar-refractivity contribution in [1.29, 1.82) is 0 Å². The van der Waals surface area contributed by atoms with Gasteiger partial charge in [0.15, 0.2) is 11.6 Å². The average Bonchev–Trinajstić information content (AvgIpc) is 1.98. The molecular weight excluding hydrogens is 142 g/mol. The minimum atomic E-state index is -0.189. The number of rotatable bonds is 1. The van der Waals surface area contributed by atoms with Gasteiger partial charge in [-0.2, -0.15) is 0 Å². The second-order valence-electron chi connectivity index (χ2n) is 2.06. The van der Waals surface area contributed by atoms with E-state index in [-0.39, 0.29) is 11.6 Å². The van der Waals surface area contributed by atoms with Crippen LogP contribution in [0.3, 0.4) is 0 Å².